The molecule has 1 aliphatic rings. The molecule has 9 heavy (non-hydrogen) atoms. The Morgan fingerprint density at radius 2 is 2.56 bits per heavy atom. The normalized spacial score (nSPS) is 27.2. The van der Waals surface area contributed by atoms with Crippen LogP contribution in [0.15, 0.2) is 11.6 Å². The van der Waals surface area contributed by atoms with Gasteiger partial charge >= 0.3 is 0 Å². The molecule has 0 aromatic rings. The van der Waals surface area contributed by atoms with Crippen molar-refractivity contribution in [2.24, 2.45) is 5.92 Å². The quantitative estimate of drug-likeness (QED) is 0.488. The highest BCUT2D eigenvalue weighted by molar-refractivity contribution is 5.73. The minimum Gasteiger partial charge on any atom is -0.298 e. The van der Waals surface area contributed by atoms with Crippen LogP contribution < -0.4 is 0 Å². The number of allylic oxidation sites excluding steroid dienone is 2. The summed E-state index contributed by atoms with van der Waals surface area (Å²) in [5.74, 6) is 0.624. The minimum absolute atomic E-state index is 0.624. The van der Waals surface area contributed by atoms with Crippen LogP contribution in [-0.4, -0.2) is 6.29 Å². The molecule has 0 saturated carbocycles. The van der Waals surface area contributed by atoms with Gasteiger partial charge < -0.3 is 0 Å². The van der Waals surface area contributed by atoms with Gasteiger partial charge in [0.25, 0.3) is 0 Å². The highest BCUT2D eigenvalue weighted by Gasteiger charge is 2.07. The van der Waals surface area contributed by atoms with Crippen LogP contribution in [0, 0.1) is 5.92 Å². The number of aldehydes is 1. The number of hydrogen-bond donors (Lipinski definition) is 0. The summed E-state index contributed by atoms with van der Waals surface area (Å²) in [6.45, 7) is 2.16. The number of hydrogen-bond acceptors (Lipinski definition) is 1. The van der Waals surface area contributed by atoms with Crippen molar-refractivity contribution >= 4 is 6.29 Å². The maximum atomic E-state index is 10.2. The van der Waals surface area contributed by atoms with E-state index < -0.39 is 0 Å². The fraction of sp³-hybridized carbons (Fsp3) is 0.625. The molecule has 0 aromatic carbocycles. The van der Waals surface area contributed by atoms with E-state index in [1.54, 1.807) is 0 Å². The van der Waals surface area contributed by atoms with Crippen molar-refractivity contribution in [2.45, 2.75) is 26.2 Å². The molecule has 0 fully saturated rings. The molecular formula is C8H12O. The Labute approximate surface area is 55.8 Å². The molecular weight excluding hydrogens is 112 g/mol. The van der Waals surface area contributed by atoms with Gasteiger partial charge in [-0.2, -0.15) is 0 Å². The lowest BCUT2D eigenvalue weighted by atomic mass is 9.93. The van der Waals surface area contributed by atoms with E-state index >= 15 is 0 Å². The summed E-state index contributed by atoms with van der Waals surface area (Å²) in [5, 5.41) is 0. The van der Waals surface area contributed by atoms with E-state index in [0.717, 1.165) is 18.3 Å². The third kappa shape index (κ3) is 1.67. The van der Waals surface area contributed by atoms with Crippen LogP contribution in [-0.2, 0) is 4.79 Å². The van der Waals surface area contributed by atoms with E-state index in [2.05, 4.69) is 13.0 Å². The Morgan fingerprint density at radius 1 is 1.78 bits per heavy atom. The van der Waals surface area contributed by atoms with Crippen molar-refractivity contribution in [1.29, 1.82) is 0 Å². The second kappa shape index (κ2) is 2.81. The average Bonchev–Trinajstić information content (AvgIpc) is 1.88. The number of carbonyl (C=O) groups excluding carboxylic acids is 1. The summed E-state index contributed by atoms with van der Waals surface area (Å²) < 4.78 is 0. The smallest absolute Gasteiger partial charge is 0.145 e. The average molecular weight is 124 g/mol. The second-order valence-corrected chi connectivity index (χ2v) is 2.73. The molecule has 0 aromatic heterocycles. The number of rotatable bonds is 1. The molecule has 0 unspecified atom stereocenters. The van der Waals surface area contributed by atoms with Crippen molar-refractivity contribution < 1.29 is 4.79 Å². The molecule has 0 aliphatic heterocycles. The summed E-state index contributed by atoms with van der Waals surface area (Å²) in [6, 6.07) is 0. The summed E-state index contributed by atoms with van der Waals surface area (Å²) in [5.41, 5.74) is 0.994. The van der Waals surface area contributed by atoms with Crippen LogP contribution in [0.5, 0.6) is 0 Å². The zero-order valence-electron chi connectivity index (χ0n) is 5.76. The summed E-state index contributed by atoms with van der Waals surface area (Å²) >= 11 is 0. The molecule has 1 atom stereocenters. The molecule has 0 N–H and O–H groups in total. The summed E-state index contributed by atoms with van der Waals surface area (Å²) in [6.07, 6.45) is 6.49. The maximum absolute atomic E-state index is 10.2. The van der Waals surface area contributed by atoms with Crippen molar-refractivity contribution in [1.82, 2.24) is 0 Å². The minimum atomic E-state index is 0.624. The first-order valence-corrected chi connectivity index (χ1v) is 3.49. The Morgan fingerprint density at radius 3 is 3.00 bits per heavy atom. The van der Waals surface area contributed by atoms with E-state index in [9.17, 15) is 4.79 Å². The van der Waals surface area contributed by atoms with Gasteiger partial charge in [-0.3, -0.25) is 4.79 Å². The standard InChI is InChI=1S/C8H12O/c1-7-3-2-4-8(5-7)6-9/h5-7H,2-4H2,1H3/t7-/m1/s1. The van der Waals surface area contributed by atoms with Crippen molar-refractivity contribution in [3.63, 3.8) is 0 Å². The first-order chi connectivity index (χ1) is 4.33. The molecule has 1 nitrogen and oxygen atoms in total. The van der Waals surface area contributed by atoms with Crippen molar-refractivity contribution in [3.8, 4) is 0 Å². The molecule has 0 saturated heterocycles. The van der Waals surface area contributed by atoms with Gasteiger partial charge in [-0.25, -0.2) is 0 Å². The van der Waals surface area contributed by atoms with Crippen LogP contribution >= 0.6 is 0 Å². The molecule has 0 bridgehead atoms. The van der Waals surface area contributed by atoms with Gasteiger partial charge in [-0.05, 0) is 30.8 Å². The molecule has 0 amide bonds. The van der Waals surface area contributed by atoms with E-state index in [1.165, 1.54) is 12.8 Å². The Bertz CT molecular complexity index is 136. The van der Waals surface area contributed by atoms with Crippen LogP contribution in [0.1, 0.15) is 26.2 Å². The van der Waals surface area contributed by atoms with Gasteiger partial charge in [-0.1, -0.05) is 13.0 Å². The second-order valence-electron chi connectivity index (χ2n) is 2.73. The van der Waals surface area contributed by atoms with Gasteiger partial charge in [0.15, 0.2) is 0 Å². The molecule has 1 aliphatic carbocycles. The molecule has 1 heteroatoms. The fourth-order valence-corrected chi connectivity index (χ4v) is 1.26. The van der Waals surface area contributed by atoms with E-state index in [-0.39, 0.29) is 0 Å². The molecule has 0 radical (unpaired) electrons. The van der Waals surface area contributed by atoms with Crippen LogP contribution in [0.4, 0.5) is 0 Å². The fourth-order valence-electron chi connectivity index (χ4n) is 1.26. The van der Waals surface area contributed by atoms with Gasteiger partial charge in [0.05, 0.1) is 0 Å². The SMILES string of the molecule is C[C@H]1C=C(C=O)CCC1. The third-order valence-corrected chi connectivity index (χ3v) is 1.77. The number of carbonyl (C=O) groups is 1. The summed E-state index contributed by atoms with van der Waals surface area (Å²) in [4.78, 5) is 10.2. The lowest BCUT2D eigenvalue weighted by molar-refractivity contribution is -0.105. The lowest BCUT2D eigenvalue weighted by Gasteiger charge is -2.12. The molecule has 1 rings (SSSR count). The monoisotopic (exact) mass is 124 g/mol. The predicted octanol–water partition coefficient (Wildman–Crippen LogP) is 1.93. The first kappa shape index (κ1) is 6.53. The molecule has 0 spiro atoms. The molecule has 50 valence electrons. The largest absolute Gasteiger partial charge is 0.298 e. The van der Waals surface area contributed by atoms with Gasteiger partial charge in [0, 0.05) is 0 Å². The van der Waals surface area contributed by atoms with Crippen LogP contribution in [0.25, 0.3) is 0 Å². The van der Waals surface area contributed by atoms with Crippen LogP contribution in [0.3, 0.4) is 0 Å². The van der Waals surface area contributed by atoms with Gasteiger partial charge in [0.2, 0.25) is 0 Å². The topological polar surface area (TPSA) is 17.1 Å². The van der Waals surface area contributed by atoms with Crippen LogP contribution in [0.2, 0.25) is 0 Å². The van der Waals surface area contributed by atoms with E-state index in [0.29, 0.717) is 5.92 Å². The highest BCUT2D eigenvalue weighted by Crippen LogP contribution is 2.20. The zero-order valence-corrected chi connectivity index (χ0v) is 5.76. The van der Waals surface area contributed by atoms with E-state index in [4.69, 9.17) is 0 Å². The first-order valence-electron chi connectivity index (χ1n) is 3.49. The lowest BCUT2D eigenvalue weighted by Crippen LogP contribution is -2.00. The van der Waals surface area contributed by atoms with E-state index in [1.807, 2.05) is 0 Å². The highest BCUT2D eigenvalue weighted by atomic mass is 16.1. The van der Waals surface area contributed by atoms with Crippen molar-refractivity contribution in [2.75, 3.05) is 0 Å². The van der Waals surface area contributed by atoms with Gasteiger partial charge in [0.1, 0.15) is 6.29 Å². The third-order valence-electron chi connectivity index (χ3n) is 1.77. The zero-order chi connectivity index (χ0) is 6.69. The Balaban J connectivity index is 2.59. The Kier molecular flexibility index (Phi) is 2.04. The maximum Gasteiger partial charge on any atom is 0.145 e. The predicted molar refractivity (Wildman–Crippen MR) is 37.2 cm³/mol. The molecule has 0 heterocycles. The van der Waals surface area contributed by atoms with Gasteiger partial charge in [-0.15, -0.1) is 0 Å². The Hall–Kier alpha value is -0.590. The summed E-state index contributed by atoms with van der Waals surface area (Å²) in [7, 11) is 0. The van der Waals surface area contributed by atoms with Crippen molar-refractivity contribution in [3.05, 3.63) is 11.6 Å².